The second kappa shape index (κ2) is 7.62. The average Bonchev–Trinajstić information content (AvgIpc) is 2.44. The molecular weight excluding hydrogens is 264 g/mol. The molecule has 0 saturated carbocycles. The van der Waals surface area contributed by atoms with E-state index in [9.17, 15) is 19.7 Å². The first-order valence-corrected chi connectivity index (χ1v) is 5.90. The van der Waals surface area contributed by atoms with Crippen LogP contribution >= 0.6 is 0 Å². The molecule has 2 N–H and O–H groups in total. The van der Waals surface area contributed by atoms with E-state index in [1.807, 2.05) is 12.3 Å². The van der Waals surface area contributed by atoms with Gasteiger partial charge in [0.05, 0.1) is 11.1 Å². The van der Waals surface area contributed by atoms with Crippen LogP contribution in [0.5, 0.6) is 0 Å². The molecule has 1 aromatic rings. The number of amides is 2. The summed E-state index contributed by atoms with van der Waals surface area (Å²) in [5.41, 5.74) is 2.39. The molecule has 0 saturated heterocycles. The average molecular weight is 278 g/mol. The molecule has 0 fully saturated rings. The first-order valence-electron chi connectivity index (χ1n) is 5.90. The van der Waals surface area contributed by atoms with Crippen molar-refractivity contribution in [2.45, 2.75) is 13.3 Å². The van der Waals surface area contributed by atoms with E-state index in [4.69, 9.17) is 0 Å². The second-order valence-electron chi connectivity index (χ2n) is 3.81. The number of benzene rings is 1. The maximum atomic E-state index is 11.3. The Labute approximate surface area is 115 Å². The summed E-state index contributed by atoms with van der Waals surface area (Å²) in [4.78, 5) is 32.5. The Balaban J connectivity index is 2.56. The molecular formula is C12H14N4O4. The highest BCUT2D eigenvalue weighted by molar-refractivity contribution is 6.35. The summed E-state index contributed by atoms with van der Waals surface area (Å²) < 4.78 is 0. The van der Waals surface area contributed by atoms with Gasteiger partial charge in [-0.05, 0) is 6.42 Å². The quantitative estimate of drug-likeness (QED) is 0.354. The molecule has 106 valence electrons. The fourth-order valence-corrected chi connectivity index (χ4v) is 1.25. The lowest BCUT2D eigenvalue weighted by molar-refractivity contribution is -0.384. The number of carbonyl (C=O) groups excluding carboxylic acids is 2. The highest BCUT2D eigenvalue weighted by atomic mass is 16.6. The van der Waals surface area contributed by atoms with E-state index in [0.29, 0.717) is 12.1 Å². The van der Waals surface area contributed by atoms with Gasteiger partial charge in [-0.25, -0.2) is 5.43 Å². The Bertz CT molecular complexity index is 542. The number of hydrogen-bond acceptors (Lipinski definition) is 5. The first-order chi connectivity index (χ1) is 9.54. The molecule has 1 aromatic carbocycles. The lowest BCUT2D eigenvalue weighted by Gasteiger charge is -2.00. The fraction of sp³-hybridized carbons (Fsp3) is 0.250. The summed E-state index contributed by atoms with van der Waals surface area (Å²) in [5.74, 6) is -1.66. The van der Waals surface area contributed by atoms with Crippen molar-refractivity contribution >= 4 is 23.7 Å². The van der Waals surface area contributed by atoms with Crippen molar-refractivity contribution in [1.29, 1.82) is 0 Å². The van der Waals surface area contributed by atoms with E-state index in [-0.39, 0.29) is 5.69 Å². The fourth-order valence-electron chi connectivity index (χ4n) is 1.25. The maximum Gasteiger partial charge on any atom is 0.329 e. The lowest BCUT2D eigenvalue weighted by Crippen LogP contribution is -2.38. The number of rotatable bonds is 5. The van der Waals surface area contributed by atoms with Gasteiger partial charge in [-0.3, -0.25) is 19.7 Å². The number of nitro groups is 1. The largest absolute Gasteiger partial charge is 0.348 e. The van der Waals surface area contributed by atoms with Crippen LogP contribution in [0, 0.1) is 10.1 Å². The summed E-state index contributed by atoms with van der Waals surface area (Å²) in [6.07, 6.45) is 1.94. The van der Waals surface area contributed by atoms with Crippen molar-refractivity contribution in [3.8, 4) is 0 Å². The molecule has 2 amide bonds. The van der Waals surface area contributed by atoms with Crippen LogP contribution in [0.15, 0.2) is 29.4 Å². The third-order valence-electron chi connectivity index (χ3n) is 2.20. The van der Waals surface area contributed by atoms with E-state index in [1.54, 1.807) is 6.07 Å². The van der Waals surface area contributed by atoms with Gasteiger partial charge >= 0.3 is 11.8 Å². The molecule has 0 aliphatic carbocycles. The molecule has 0 aromatic heterocycles. The molecule has 0 radical (unpaired) electrons. The monoisotopic (exact) mass is 278 g/mol. The Morgan fingerprint density at radius 1 is 1.40 bits per heavy atom. The molecule has 8 heteroatoms. The van der Waals surface area contributed by atoms with Gasteiger partial charge < -0.3 is 5.32 Å². The molecule has 8 nitrogen and oxygen atoms in total. The molecule has 20 heavy (non-hydrogen) atoms. The van der Waals surface area contributed by atoms with Crippen molar-refractivity contribution in [1.82, 2.24) is 10.7 Å². The molecule has 0 bridgehead atoms. The van der Waals surface area contributed by atoms with Gasteiger partial charge in [-0.2, -0.15) is 5.10 Å². The van der Waals surface area contributed by atoms with Crippen LogP contribution in [-0.4, -0.2) is 29.5 Å². The van der Waals surface area contributed by atoms with Gasteiger partial charge in [0.2, 0.25) is 0 Å². The third kappa shape index (κ3) is 4.84. The zero-order valence-electron chi connectivity index (χ0n) is 10.8. The zero-order valence-corrected chi connectivity index (χ0v) is 10.8. The van der Waals surface area contributed by atoms with Gasteiger partial charge in [0.1, 0.15) is 0 Å². The minimum absolute atomic E-state index is 0.0824. The number of nitrogens with zero attached hydrogens (tertiary/aromatic N) is 2. The molecule has 1 rings (SSSR count). The molecule has 0 heterocycles. The normalized spacial score (nSPS) is 10.2. The number of nitrogens with one attached hydrogen (secondary N) is 2. The molecule has 0 aliphatic heterocycles. The van der Waals surface area contributed by atoms with Gasteiger partial charge in [0.25, 0.3) is 5.69 Å². The minimum Gasteiger partial charge on any atom is -0.348 e. The van der Waals surface area contributed by atoms with E-state index in [2.05, 4.69) is 10.4 Å². The van der Waals surface area contributed by atoms with E-state index < -0.39 is 16.7 Å². The summed E-state index contributed by atoms with van der Waals surface area (Å²) in [6.45, 7) is 2.26. The third-order valence-corrected chi connectivity index (χ3v) is 2.20. The highest BCUT2D eigenvalue weighted by Gasteiger charge is 2.10. The first kappa shape index (κ1) is 15.3. The van der Waals surface area contributed by atoms with Crippen molar-refractivity contribution < 1.29 is 14.5 Å². The highest BCUT2D eigenvalue weighted by Crippen LogP contribution is 2.11. The van der Waals surface area contributed by atoms with Gasteiger partial charge in [0.15, 0.2) is 0 Å². The van der Waals surface area contributed by atoms with Crippen molar-refractivity contribution in [3.63, 3.8) is 0 Å². The summed E-state index contributed by atoms with van der Waals surface area (Å²) in [7, 11) is 0. The Morgan fingerprint density at radius 2 is 2.15 bits per heavy atom. The predicted octanol–water partition coefficient (Wildman–Crippen LogP) is 0.571. The van der Waals surface area contributed by atoms with Gasteiger partial charge in [0, 0.05) is 24.2 Å². The van der Waals surface area contributed by atoms with Crippen LogP contribution in [0.4, 0.5) is 5.69 Å². The van der Waals surface area contributed by atoms with Crippen molar-refractivity contribution in [3.05, 3.63) is 39.9 Å². The minimum atomic E-state index is -0.889. The Hall–Kier alpha value is -2.77. The van der Waals surface area contributed by atoms with Crippen molar-refractivity contribution in [2.75, 3.05) is 6.54 Å². The zero-order chi connectivity index (χ0) is 15.0. The number of nitro benzene ring substituents is 1. The molecule has 0 aliphatic rings. The number of hydrazone groups is 1. The Morgan fingerprint density at radius 3 is 2.80 bits per heavy atom. The van der Waals surface area contributed by atoms with E-state index in [0.717, 1.165) is 6.42 Å². The Kier molecular flexibility index (Phi) is 5.82. The smallest absolute Gasteiger partial charge is 0.329 e. The van der Waals surface area contributed by atoms with Crippen LogP contribution in [-0.2, 0) is 9.59 Å². The van der Waals surface area contributed by atoms with Gasteiger partial charge in [-0.15, -0.1) is 0 Å². The predicted molar refractivity (Wildman–Crippen MR) is 72.1 cm³/mol. The van der Waals surface area contributed by atoms with Crippen LogP contribution in [0.2, 0.25) is 0 Å². The van der Waals surface area contributed by atoms with Crippen LogP contribution in [0.25, 0.3) is 0 Å². The molecule has 0 spiro atoms. The number of carbonyl (C=O) groups is 2. The van der Waals surface area contributed by atoms with E-state index in [1.165, 1.54) is 24.4 Å². The number of non-ortho nitro benzene ring substituents is 1. The molecule has 0 unspecified atom stereocenters. The number of hydrogen-bond donors (Lipinski definition) is 2. The van der Waals surface area contributed by atoms with Crippen LogP contribution in [0.3, 0.4) is 0 Å². The lowest BCUT2D eigenvalue weighted by atomic mass is 10.2. The SMILES string of the molecule is CCCNC(=O)C(=O)N/N=C\c1cccc([N+](=O)[O-])c1. The standard InChI is InChI=1S/C12H14N4O4/c1-2-6-13-11(17)12(18)15-14-8-9-4-3-5-10(7-9)16(19)20/h3-5,7-8H,2,6H2,1H3,(H,13,17)(H,15,18)/b14-8-. The topological polar surface area (TPSA) is 114 Å². The summed E-state index contributed by atoms with van der Waals surface area (Å²) in [5, 5.41) is 16.5. The molecule has 0 atom stereocenters. The van der Waals surface area contributed by atoms with Crippen LogP contribution in [0.1, 0.15) is 18.9 Å². The summed E-state index contributed by atoms with van der Waals surface area (Å²) >= 11 is 0. The maximum absolute atomic E-state index is 11.3. The van der Waals surface area contributed by atoms with E-state index >= 15 is 0 Å². The second-order valence-corrected chi connectivity index (χ2v) is 3.81. The van der Waals surface area contributed by atoms with Crippen LogP contribution < -0.4 is 10.7 Å². The van der Waals surface area contributed by atoms with Gasteiger partial charge in [-0.1, -0.05) is 19.1 Å². The van der Waals surface area contributed by atoms with Crippen molar-refractivity contribution in [2.24, 2.45) is 5.10 Å². The summed E-state index contributed by atoms with van der Waals surface area (Å²) in [6, 6.07) is 5.72.